The second kappa shape index (κ2) is 7.68. The number of amides is 1. The SMILES string of the molecule is Cl.O=C(O)c1cc2cc(C(=O)N3CCCC3CN3CCCC3)ccc2[nH]1. The minimum Gasteiger partial charge on any atom is -0.477 e. The fourth-order valence-electron chi connectivity index (χ4n) is 4.10. The quantitative estimate of drug-likeness (QED) is 0.858. The number of nitrogens with one attached hydrogen (secondary N) is 1. The van der Waals surface area contributed by atoms with Crippen LogP contribution in [0.5, 0.6) is 0 Å². The first-order valence-corrected chi connectivity index (χ1v) is 9.01. The number of aromatic amines is 1. The zero-order valence-corrected chi connectivity index (χ0v) is 15.4. The highest BCUT2D eigenvalue weighted by atomic mass is 35.5. The number of carboxylic acid groups (broad SMARTS) is 1. The number of nitrogens with zero attached hydrogens (tertiary/aromatic N) is 2. The number of benzene rings is 1. The van der Waals surface area contributed by atoms with E-state index < -0.39 is 5.97 Å². The Morgan fingerprint density at radius 3 is 2.62 bits per heavy atom. The van der Waals surface area contributed by atoms with E-state index in [0.717, 1.165) is 49.9 Å². The number of carboxylic acids is 1. The van der Waals surface area contributed by atoms with Crippen molar-refractivity contribution in [3.63, 3.8) is 0 Å². The third-order valence-electron chi connectivity index (χ3n) is 5.40. The number of aromatic nitrogens is 1. The van der Waals surface area contributed by atoms with Gasteiger partial charge in [0, 0.05) is 35.6 Å². The minimum atomic E-state index is -0.991. The molecule has 0 radical (unpaired) electrons. The van der Waals surface area contributed by atoms with Crippen molar-refractivity contribution in [2.75, 3.05) is 26.2 Å². The number of halogens is 1. The van der Waals surface area contributed by atoms with Gasteiger partial charge in [0.2, 0.25) is 0 Å². The Labute approximate surface area is 158 Å². The lowest BCUT2D eigenvalue weighted by molar-refractivity contribution is 0.0688. The molecule has 2 aliphatic rings. The third kappa shape index (κ3) is 3.57. The summed E-state index contributed by atoms with van der Waals surface area (Å²) >= 11 is 0. The summed E-state index contributed by atoms with van der Waals surface area (Å²) in [6.07, 6.45) is 4.64. The standard InChI is InChI=1S/C19H23N3O3.ClH/c23-18(22-9-3-4-15(22)12-21-7-1-2-8-21)13-5-6-16-14(10-13)11-17(20-16)19(24)25;/h5-6,10-11,15,20H,1-4,7-9,12H2,(H,24,25);1H. The summed E-state index contributed by atoms with van der Waals surface area (Å²) in [7, 11) is 0. The fourth-order valence-corrected chi connectivity index (χ4v) is 4.10. The molecule has 0 spiro atoms. The zero-order chi connectivity index (χ0) is 17.4. The smallest absolute Gasteiger partial charge is 0.352 e. The summed E-state index contributed by atoms with van der Waals surface area (Å²) in [5.74, 6) is -0.934. The van der Waals surface area contributed by atoms with Gasteiger partial charge in [0.25, 0.3) is 5.91 Å². The molecule has 2 fully saturated rings. The van der Waals surface area contributed by atoms with E-state index in [9.17, 15) is 9.59 Å². The van der Waals surface area contributed by atoms with Crippen molar-refractivity contribution in [2.45, 2.75) is 31.7 Å². The average Bonchev–Trinajstić information content (AvgIpc) is 3.34. The molecule has 2 N–H and O–H groups in total. The minimum absolute atomic E-state index is 0. The Morgan fingerprint density at radius 2 is 1.88 bits per heavy atom. The summed E-state index contributed by atoms with van der Waals surface area (Å²) in [5.41, 5.74) is 1.52. The van der Waals surface area contributed by atoms with Crippen LogP contribution in [0.4, 0.5) is 0 Å². The zero-order valence-electron chi connectivity index (χ0n) is 14.6. The Hall–Kier alpha value is -2.05. The highest BCUT2D eigenvalue weighted by molar-refractivity contribution is 6.00. The molecule has 1 aromatic heterocycles. The van der Waals surface area contributed by atoms with Gasteiger partial charge in [-0.3, -0.25) is 4.79 Å². The van der Waals surface area contributed by atoms with Gasteiger partial charge in [-0.1, -0.05) is 0 Å². The molecular formula is C19H24ClN3O3. The maximum Gasteiger partial charge on any atom is 0.352 e. The van der Waals surface area contributed by atoms with E-state index in [1.165, 1.54) is 12.8 Å². The van der Waals surface area contributed by atoms with E-state index in [-0.39, 0.29) is 24.0 Å². The first kappa shape index (κ1) is 18.7. The Bertz CT molecular complexity index is 813. The normalized spacial score (nSPS) is 20.5. The van der Waals surface area contributed by atoms with Crippen LogP contribution in [0.25, 0.3) is 10.9 Å². The molecule has 140 valence electrons. The second-order valence-electron chi connectivity index (χ2n) is 7.09. The number of likely N-dealkylation sites (tertiary alicyclic amines) is 2. The molecule has 3 heterocycles. The summed E-state index contributed by atoms with van der Waals surface area (Å²) in [6, 6.07) is 7.26. The van der Waals surface area contributed by atoms with Gasteiger partial charge < -0.3 is 19.9 Å². The van der Waals surface area contributed by atoms with Crippen LogP contribution < -0.4 is 0 Å². The van der Waals surface area contributed by atoms with Crippen molar-refractivity contribution in [1.29, 1.82) is 0 Å². The van der Waals surface area contributed by atoms with Crippen molar-refractivity contribution >= 4 is 35.2 Å². The molecule has 2 saturated heterocycles. The maximum absolute atomic E-state index is 13.0. The predicted molar refractivity (Wildman–Crippen MR) is 102 cm³/mol. The molecule has 1 atom stereocenters. The van der Waals surface area contributed by atoms with Crippen LogP contribution >= 0.6 is 12.4 Å². The Balaban J connectivity index is 0.00000196. The molecule has 2 aromatic rings. The van der Waals surface area contributed by atoms with Gasteiger partial charge in [0.15, 0.2) is 0 Å². The fraction of sp³-hybridized carbons (Fsp3) is 0.474. The Kier molecular flexibility index (Phi) is 5.53. The first-order valence-electron chi connectivity index (χ1n) is 9.01. The van der Waals surface area contributed by atoms with Crippen LogP contribution in [-0.2, 0) is 0 Å². The van der Waals surface area contributed by atoms with Crippen LogP contribution in [-0.4, -0.2) is 64.0 Å². The van der Waals surface area contributed by atoms with Crippen LogP contribution in [0, 0.1) is 0 Å². The van der Waals surface area contributed by atoms with E-state index in [1.807, 2.05) is 4.90 Å². The van der Waals surface area contributed by atoms with Crippen molar-refractivity contribution in [2.24, 2.45) is 0 Å². The molecule has 4 rings (SSSR count). The van der Waals surface area contributed by atoms with E-state index in [2.05, 4.69) is 9.88 Å². The van der Waals surface area contributed by atoms with Gasteiger partial charge in [0.05, 0.1) is 0 Å². The second-order valence-corrected chi connectivity index (χ2v) is 7.09. The van der Waals surface area contributed by atoms with Crippen molar-refractivity contribution < 1.29 is 14.7 Å². The molecule has 1 unspecified atom stereocenters. The number of fused-ring (bicyclic) bond motifs is 1. The lowest BCUT2D eigenvalue weighted by Crippen LogP contribution is -2.42. The van der Waals surface area contributed by atoms with E-state index in [1.54, 1.807) is 24.3 Å². The van der Waals surface area contributed by atoms with E-state index in [0.29, 0.717) is 11.6 Å². The monoisotopic (exact) mass is 377 g/mol. The number of rotatable bonds is 4. The number of carbonyl (C=O) groups is 2. The van der Waals surface area contributed by atoms with Crippen molar-refractivity contribution in [1.82, 2.24) is 14.8 Å². The van der Waals surface area contributed by atoms with Gasteiger partial charge in [-0.15, -0.1) is 12.4 Å². The van der Waals surface area contributed by atoms with Crippen molar-refractivity contribution in [3.05, 3.63) is 35.5 Å². The molecule has 26 heavy (non-hydrogen) atoms. The summed E-state index contributed by atoms with van der Waals surface area (Å²) < 4.78 is 0. The van der Waals surface area contributed by atoms with E-state index >= 15 is 0 Å². The van der Waals surface area contributed by atoms with Crippen LogP contribution in [0.1, 0.15) is 46.5 Å². The predicted octanol–water partition coefficient (Wildman–Crippen LogP) is 2.99. The summed E-state index contributed by atoms with van der Waals surface area (Å²) in [4.78, 5) is 31.4. The molecule has 7 heteroatoms. The largest absolute Gasteiger partial charge is 0.477 e. The third-order valence-corrected chi connectivity index (χ3v) is 5.40. The number of hydrogen-bond acceptors (Lipinski definition) is 3. The number of hydrogen-bond donors (Lipinski definition) is 2. The number of carbonyl (C=O) groups excluding carboxylic acids is 1. The lowest BCUT2D eigenvalue weighted by Gasteiger charge is -2.28. The molecule has 1 amide bonds. The lowest BCUT2D eigenvalue weighted by atomic mass is 10.1. The van der Waals surface area contributed by atoms with Gasteiger partial charge in [0.1, 0.15) is 5.69 Å². The average molecular weight is 378 g/mol. The topological polar surface area (TPSA) is 76.6 Å². The molecular weight excluding hydrogens is 354 g/mol. The van der Waals surface area contributed by atoms with Gasteiger partial charge >= 0.3 is 5.97 Å². The summed E-state index contributed by atoms with van der Waals surface area (Å²) in [5, 5.41) is 9.86. The van der Waals surface area contributed by atoms with Gasteiger partial charge in [-0.05, 0) is 63.0 Å². The summed E-state index contributed by atoms with van der Waals surface area (Å²) in [6.45, 7) is 4.07. The van der Waals surface area contributed by atoms with Crippen LogP contribution in [0.3, 0.4) is 0 Å². The number of H-pyrrole nitrogens is 1. The highest BCUT2D eigenvalue weighted by Gasteiger charge is 2.31. The van der Waals surface area contributed by atoms with E-state index in [4.69, 9.17) is 5.11 Å². The number of aromatic carboxylic acids is 1. The first-order chi connectivity index (χ1) is 12.1. The van der Waals surface area contributed by atoms with Crippen LogP contribution in [0.15, 0.2) is 24.3 Å². The van der Waals surface area contributed by atoms with Crippen molar-refractivity contribution in [3.8, 4) is 0 Å². The van der Waals surface area contributed by atoms with Gasteiger partial charge in [-0.25, -0.2) is 4.79 Å². The molecule has 0 saturated carbocycles. The van der Waals surface area contributed by atoms with Gasteiger partial charge in [-0.2, -0.15) is 0 Å². The molecule has 6 nitrogen and oxygen atoms in total. The molecule has 2 aliphatic heterocycles. The highest BCUT2D eigenvalue weighted by Crippen LogP contribution is 2.24. The molecule has 0 bridgehead atoms. The maximum atomic E-state index is 13.0. The molecule has 1 aromatic carbocycles. The molecule has 0 aliphatic carbocycles. The van der Waals surface area contributed by atoms with Crippen LogP contribution in [0.2, 0.25) is 0 Å². The Morgan fingerprint density at radius 1 is 1.12 bits per heavy atom.